The highest BCUT2D eigenvalue weighted by Crippen LogP contribution is 2.16. The molecule has 0 bridgehead atoms. The first-order valence-corrected chi connectivity index (χ1v) is 7.99. The standard InChI is InChI=1S/C17H18BrN3O2/c1-21(11-13-9-5-6-10-14(13)18)15(16(22)20-17(19)23)12-7-3-2-4-8-12/h2-10,15H,11H2,1H3,(H3,19,20,22,23)/p+1/t15-/m1/s1. The molecule has 2 aromatic rings. The summed E-state index contributed by atoms with van der Waals surface area (Å²) < 4.78 is 0.987. The number of nitrogens with one attached hydrogen (secondary N) is 2. The average molecular weight is 377 g/mol. The van der Waals surface area contributed by atoms with E-state index in [1.165, 1.54) is 0 Å². The number of carbonyl (C=O) groups is 2. The first-order valence-electron chi connectivity index (χ1n) is 7.20. The van der Waals surface area contributed by atoms with Crippen molar-refractivity contribution in [3.05, 3.63) is 70.2 Å². The Morgan fingerprint density at radius 2 is 1.74 bits per heavy atom. The van der Waals surface area contributed by atoms with Crippen molar-refractivity contribution in [2.45, 2.75) is 12.6 Å². The van der Waals surface area contributed by atoms with Crippen molar-refractivity contribution >= 4 is 27.9 Å². The number of likely N-dealkylation sites (N-methyl/N-ethyl adjacent to an activating group) is 1. The summed E-state index contributed by atoms with van der Waals surface area (Å²) in [7, 11) is 1.91. The molecule has 2 aromatic carbocycles. The van der Waals surface area contributed by atoms with E-state index in [0.29, 0.717) is 6.54 Å². The summed E-state index contributed by atoms with van der Waals surface area (Å²) in [6, 6.07) is 15.8. The molecule has 6 heteroatoms. The molecule has 5 nitrogen and oxygen atoms in total. The SMILES string of the molecule is C[NH+](Cc1ccccc1Br)[C@@H](C(=O)NC(N)=O)c1ccccc1. The van der Waals surface area contributed by atoms with Crippen LogP contribution in [-0.4, -0.2) is 19.0 Å². The maximum Gasteiger partial charge on any atom is 0.319 e. The number of benzene rings is 2. The second-order valence-corrected chi connectivity index (χ2v) is 6.17. The van der Waals surface area contributed by atoms with Crippen LogP contribution in [0.15, 0.2) is 59.1 Å². The van der Waals surface area contributed by atoms with Crippen LogP contribution in [0.1, 0.15) is 17.2 Å². The van der Waals surface area contributed by atoms with Crippen LogP contribution in [0, 0.1) is 0 Å². The van der Waals surface area contributed by atoms with Crippen LogP contribution in [0.3, 0.4) is 0 Å². The fourth-order valence-electron chi connectivity index (χ4n) is 2.54. The highest BCUT2D eigenvalue weighted by atomic mass is 79.9. The van der Waals surface area contributed by atoms with Gasteiger partial charge in [-0.2, -0.15) is 0 Å². The number of nitrogens with two attached hydrogens (primary N) is 1. The van der Waals surface area contributed by atoms with Crippen molar-refractivity contribution in [2.24, 2.45) is 5.73 Å². The summed E-state index contributed by atoms with van der Waals surface area (Å²) in [6.07, 6.45) is 0. The highest BCUT2D eigenvalue weighted by molar-refractivity contribution is 9.10. The van der Waals surface area contributed by atoms with Crippen LogP contribution < -0.4 is 16.0 Å². The van der Waals surface area contributed by atoms with Crippen LogP contribution in [0.5, 0.6) is 0 Å². The molecule has 3 amide bonds. The number of hydrogen-bond donors (Lipinski definition) is 3. The summed E-state index contributed by atoms with van der Waals surface area (Å²) in [5.74, 6) is -0.409. The van der Waals surface area contributed by atoms with E-state index in [0.717, 1.165) is 20.5 Å². The fraction of sp³-hybridized carbons (Fsp3) is 0.176. The van der Waals surface area contributed by atoms with Gasteiger partial charge in [0, 0.05) is 15.6 Å². The van der Waals surface area contributed by atoms with Gasteiger partial charge in [0.15, 0.2) is 6.04 Å². The third-order valence-corrected chi connectivity index (χ3v) is 4.34. The van der Waals surface area contributed by atoms with Crippen molar-refractivity contribution in [2.75, 3.05) is 7.05 Å². The minimum absolute atomic E-state index is 0.409. The van der Waals surface area contributed by atoms with Crippen molar-refractivity contribution < 1.29 is 14.5 Å². The lowest BCUT2D eigenvalue weighted by molar-refractivity contribution is -0.916. The van der Waals surface area contributed by atoms with Gasteiger partial charge < -0.3 is 10.6 Å². The Morgan fingerprint density at radius 3 is 2.35 bits per heavy atom. The molecule has 0 radical (unpaired) electrons. The number of quaternary nitrogens is 1. The van der Waals surface area contributed by atoms with Gasteiger partial charge in [-0.3, -0.25) is 10.1 Å². The van der Waals surface area contributed by atoms with Gasteiger partial charge in [0.2, 0.25) is 0 Å². The molecule has 1 unspecified atom stereocenters. The molecule has 0 aliphatic heterocycles. The molecule has 120 valence electrons. The first-order chi connectivity index (χ1) is 11.0. The molecule has 0 fully saturated rings. The normalized spacial score (nSPS) is 13.1. The summed E-state index contributed by atoms with van der Waals surface area (Å²) >= 11 is 3.52. The third kappa shape index (κ3) is 4.64. The largest absolute Gasteiger partial charge is 0.351 e. The molecule has 0 heterocycles. The zero-order valence-electron chi connectivity index (χ0n) is 12.8. The maximum atomic E-state index is 12.4. The number of halogens is 1. The molecule has 0 aliphatic carbocycles. The van der Waals surface area contributed by atoms with Crippen LogP contribution >= 0.6 is 15.9 Å². The fourth-order valence-corrected chi connectivity index (χ4v) is 2.97. The van der Waals surface area contributed by atoms with E-state index < -0.39 is 18.0 Å². The molecule has 2 rings (SSSR count). The number of hydrogen-bond acceptors (Lipinski definition) is 2. The van der Waals surface area contributed by atoms with Crippen molar-refractivity contribution in [3.63, 3.8) is 0 Å². The van der Waals surface area contributed by atoms with Crippen molar-refractivity contribution in [1.29, 1.82) is 0 Å². The molecule has 0 aliphatic rings. The van der Waals surface area contributed by atoms with Gasteiger partial charge >= 0.3 is 6.03 Å². The van der Waals surface area contributed by atoms with Crippen molar-refractivity contribution in [3.8, 4) is 0 Å². The first kappa shape index (κ1) is 17.2. The second-order valence-electron chi connectivity index (χ2n) is 5.31. The predicted molar refractivity (Wildman–Crippen MR) is 91.6 cm³/mol. The molecule has 0 saturated heterocycles. The average Bonchev–Trinajstić information content (AvgIpc) is 2.50. The zero-order chi connectivity index (χ0) is 16.8. The van der Waals surface area contributed by atoms with E-state index in [2.05, 4.69) is 21.2 Å². The maximum absolute atomic E-state index is 12.4. The van der Waals surface area contributed by atoms with E-state index in [9.17, 15) is 9.59 Å². The number of rotatable bonds is 5. The Balaban J connectivity index is 2.27. The minimum atomic E-state index is -0.843. The minimum Gasteiger partial charge on any atom is -0.351 e. The number of carbonyl (C=O) groups excluding carboxylic acids is 2. The summed E-state index contributed by atoms with van der Waals surface area (Å²) in [4.78, 5) is 24.4. The van der Waals surface area contributed by atoms with Crippen LogP contribution in [-0.2, 0) is 11.3 Å². The number of urea groups is 1. The summed E-state index contributed by atoms with van der Waals surface area (Å²) in [5, 5.41) is 2.19. The molecule has 23 heavy (non-hydrogen) atoms. The zero-order valence-corrected chi connectivity index (χ0v) is 14.3. The molecular weight excluding hydrogens is 358 g/mol. The molecule has 4 N–H and O–H groups in total. The molecule has 0 aromatic heterocycles. The van der Waals surface area contributed by atoms with E-state index in [1.807, 2.05) is 61.6 Å². The van der Waals surface area contributed by atoms with Gasteiger partial charge in [-0.05, 0) is 6.07 Å². The topological polar surface area (TPSA) is 76.6 Å². The monoisotopic (exact) mass is 376 g/mol. The summed E-state index contributed by atoms with van der Waals surface area (Å²) in [6.45, 7) is 0.618. The quantitative estimate of drug-likeness (QED) is 0.737. The van der Waals surface area contributed by atoms with Gasteiger partial charge in [0.1, 0.15) is 6.54 Å². The predicted octanol–water partition coefficient (Wildman–Crippen LogP) is 1.40. The van der Waals surface area contributed by atoms with Crippen LogP contribution in [0.2, 0.25) is 0 Å². The van der Waals surface area contributed by atoms with E-state index in [4.69, 9.17) is 5.73 Å². The molecule has 0 spiro atoms. The van der Waals surface area contributed by atoms with E-state index in [1.54, 1.807) is 0 Å². The van der Waals surface area contributed by atoms with Gasteiger partial charge in [-0.15, -0.1) is 0 Å². The van der Waals surface area contributed by atoms with E-state index in [-0.39, 0.29) is 0 Å². The van der Waals surface area contributed by atoms with Gasteiger partial charge in [0.05, 0.1) is 7.05 Å². The Kier molecular flexibility index (Phi) is 5.90. The number of primary amides is 1. The lowest BCUT2D eigenvalue weighted by atomic mass is 10.0. The van der Waals surface area contributed by atoms with Gasteiger partial charge in [0.25, 0.3) is 5.91 Å². The molecule has 2 atom stereocenters. The second kappa shape index (κ2) is 7.89. The lowest BCUT2D eigenvalue weighted by Crippen LogP contribution is -3.09. The molecule has 0 saturated carbocycles. The van der Waals surface area contributed by atoms with E-state index >= 15 is 0 Å². The Morgan fingerprint density at radius 1 is 1.13 bits per heavy atom. The third-order valence-electron chi connectivity index (χ3n) is 3.56. The van der Waals surface area contributed by atoms with Crippen molar-refractivity contribution in [1.82, 2.24) is 5.32 Å². The number of imide groups is 1. The smallest absolute Gasteiger partial charge is 0.319 e. The lowest BCUT2D eigenvalue weighted by Gasteiger charge is -2.24. The molecular formula is C17H19BrN3O2+. The van der Waals surface area contributed by atoms with Gasteiger partial charge in [-0.1, -0.05) is 64.5 Å². The van der Waals surface area contributed by atoms with Crippen LogP contribution in [0.25, 0.3) is 0 Å². The van der Waals surface area contributed by atoms with Gasteiger partial charge in [-0.25, -0.2) is 4.79 Å². The Labute approximate surface area is 143 Å². The summed E-state index contributed by atoms with van der Waals surface area (Å²) in [5.41, 5.74) is 7.01. The highest BCUT2D eigenvalue weighted by Gasteiger charge is 2.30. The Bertz CT molecular complexity index is 691. The van der Waals surface area contributed by atoms with Crippen LogP contribution in [0.4, 0.5) is 4.79 Å². The number of amides is 3. The Hall–Kier alpha value is -2.18.